The number of fused-ring (bicyclic) bond motifs is 1. The fourth-order valence-electron chi connectivity index (χ4n) is 3.08. The summed E-state index contributed by atoms with van der Waals surface area (Å²) in [5, 5.41) is 7.78. The first kappa shape index (κ1) is 21.4. The summed E-state index contributed by atoms with van der Waals surface area (Å²) in [6.45, 7) is 2.49. The summed E-state index contributed by atoms with van der Waals surface area (Å²) in [5.74, 6) is 1.19. The van der Waals surface area contributed by atoms with E-state index in [4.69, 9.17) is 9.47 Å². The Balaban J connectivity index is 1.51. The quantitative estimate of drug-likeness (QED) is 0.312. The largest absolute Gasteiger partial charge is 0.494 e. The molecule has 10 heteroatoms. The van der Waals surface area contributed by atoms with E-state index in [1.165, 1.54) is 6.20 Å². The van der Waals surface area contributed by atoms with Gasteiger partial charge in [-0.3, -0.25) is 9.59 Å². The molecule has 1 amide bonds. The molecule has 0 fully saturated rings. The monoisotopic (exact) mass is 451 g/mol. The van der Waals surface area contributed by atoms with Crippen molar-refractivity contribution in [1.29, 1.82) is 0 Å². The molecule has 0 unspecified atom stereocenters. The Morgan fingerprint density at radius 1 is 1.19 bits per heavy atom. The van der Waals surface area contributed by atoms with Crippen molar-refractivity contribution in [2.24, 2.45) is 0 Å². The van der Waals surface area contributed by atoms with Gasteiger partial charge in [0.25, 0.3) is 5.56 Å². The average Bonchev–Trinajstić information content (AvgIpc) is 3.23. The zero-order chi connectivity index (χ0) is 22.5. The van der Waals surface area contributed by atoms with E-state index in [1.54, 1.807) is 42.1 Å². The number of amides is 1. The van der Waals surface area contributed by atoms with E-state index in [0.717, 1.165) is 17.5 Å². The number of aromatic nitrogens is 4. The van der Waals surface area contributed by atoms with Gasteiger partial charge in [-0.05, 0) is 43.3 Å². The highest BCUT2D eigenvalue weighted by molar-refractivity contribution is 7.99. The van der Waals surface area contributed by atoms with Crippen LogP contribution in [0.25, 0.3) is 16.7 Å². The van der Waals surface area contributed by atoms with Crippen molar-refractivity contribution in [3.05, 3.63) is 65.1 Å². The minimum absolute atomic E-state index is 0.0739. The molecule has 0 aliphatic rings. The van der Waals surface area contributed by atoms with Crippen LogP contribution in [0.2, 0.25) is 0 Å². The number of ether oxygens (including phenoxy) is 2. The highest BCUT2D eigenvalue weighted by Crippen LogP contribution is 2.25. The van der Waals surface area contributed by atoms with Crippen LogP contribution in [0.3, 0.4) is 0 Å². The number of methoxy groups -OCH3 is 1. The van der Waals surface area contributed by atoms with E-state index >= 15 is 0 Å². The standard InChI is InChI=1S/C22H21N5O4S/c1-3-31-15-10-8-14(9-11-15)24-19(28)13-32-22-25-20-16(21(29)26-22)12-23-27(20)17-6-4-5-7-18(17)30-2/h4-12H,3,13H2,1-2H3,(H,24,28)(H,25,26,29). The van der Waals surface area contributed by atoms with Crippen molar-refractivity contribution in [3.8, 4) is 17.2 Å². The molecule has 0 atom stereocenters. The maximum atomic E-state index is 12.5. The zero-order valence-corrected chi connectivity index (χ0v) is 18.3. The fraction of sp³-hybridized carbons (Fsp3) is 0.182. The number of hydrogen-bond acceptors (Lipinski definition) is 7. The Bertz CT molecular complexity index is 1300. The summed E-state index contributed by atoms with van der Waals surface area (Å²) in [6, 6.07) is 14.4. The van der Waals surface area contributed by atoms with E-state index in [9.17, 15) is 9.59 Å². The molecular formula is C22H21N5O4S. The predicted molar refractivity (Wildman–Crippen MR) is 123 cm³/mol. The van der Waals surface area contributed by atoms with Gasteiger partial charge in [-0.25, -0.2) is 9.67 Å². The van der Waals surface area contributed by atoms with Crippen molar-refractivity contribution in [1.82, 2.24) is 19.7 Å². The number of H-pyrrole nitrogens is 1. The van der Waals surface area contributed by atoms with Crippen molar-refractivity contribution < 1.29 is 14.3 Å². The zero-order valence-electron chi connectivity index (χ0n) is 17.5. The number of benzene rings is 2. The number of hydrogen-bond donors (Lipinski definition) is 2. The van der Waals surface area contributed by atoms with Gasteiger partial charge >= 0.3 is 0 Å². The van der Waals surface area contributed by atoms with Crippen LogP contribution in [0.1, 0.15) is 6.92 Å². The number of aromatic amines is 1. The number of para-hydroxylation sites is 2. The lowest BCUT2D eigenvalue weighted by atomic mass is 10.3. The van der Waals surface area contributed by atoms with E-state index in [1.807, 2.05) is 25.1 Å². The molecule has 4 rings (SSSR count). The summed E-state index contributed by atoms with van der Waals surface area (Å²) in [6.07, 6.45) is 1.46. The van der Waals surface area contributed by atoms with Crippen LogP contribution in [0.4, 0.5) is 5.69 Å². The number of nitrogens with zero attached hydrogens (tertiary/aromatic N) is 3. The number of carbonyl (C=O) groups excluding carboxylic acids is 1. The summed E-state index contributed by atoms with van der Waals surface area (Å²) in [5.41, 5.74) is 1.37. The minimum Gasteiger partial charge on any atom is -0.494 e. The third-order valence-electron chi connectivity index (χ3n) is 4.52. The molecule has 2 N–H and O–H groups in total. The first-order valence-electron chi connectivity index (χ1n) is 9.86. The van der Waals surface area contributed by atoms with Crippen molar-refractivity contribution >= 4 is 34.4 Å². The average molecular weight is 452 g/mol. The van der Waals surface area contributed by atoms with Crippen molar-refractivity contribution in [2.75, 3.05) is 24.8 Å². The van der Waals surface area contributed by atoms with Gasteiger partial charge in [0, 0.05) is 5.69 Å². The Morgan fingerprint density at radius 3 is 2.72 bits per heavy atom. The van der Waals surface area contributed by atoms with Gasteiger partial charge in [0.1, 0.15) is 22.6 Å². The Morgan fingerprint density at radius 2 is 1.97 bits per heavy atom. The highest BCUT2D eigenvalue weighted by atomic mass is 32.2. The van der Waals surface area contributed by atoms with Crippen LogP contribution < -0.4 is 20.3 Å². The van der Waals surface area contributed by atoms with Gasteiger partial charge in [-0.2, -0.15) is 5.10 Å². The second kappa shape index (κ2) is 9.56. The maximum absolute atomic E-state index is 12.5. The molecule has 0 spiro atoms. The van der Waals surface area contributed by atoms with Crippen LogP contribution in [0, 0.1) is 0 Å². The third-order valence-corrected chi connectivity index (χ3v) is 5.39. The Hall–Kier alpha value is -3.79. The van der Waals surface area contributed by atoms with Crippen LogP contribution in [-0.4, -0.2) is 45.1 Å². The van der Waals surface area contributed by atoms with E-state index < -0.39 is 0 Å². The molecular weight excluding hydrogens is 430 g/mol. The normalized spacial score (nSPS) is 10.8. The molecule has 0 saturated carbocycles. The van der Waals surface area contributed by atoms with Gasteiger partial charge in [0.05, 0.1) is 25.7 Å². The van der Waals surface area contributed by atoms with Gasteiger partial charge in [0.2, 0.25) is 5.91 Å². The third kappa shape index (κ3) is 4.59. The lowest BCUT2D eigenvalue weighted by molar-refractivity contribution is -0.113. The van der Waals surface area contributed by atoms with E-state index in [-0.39, 0.29) is 17.2 Å². The number of nitrogens with one attached hydrogen (secondary N) is 2. The number of anilines is 1. The van der Waals surface area contributed by atoms with Gasteiger partial charge in [-0.15, -0.1) is 0 Å². The lowest BCUT2D eigenvalue weighted by Gasteiger charge is -2.09. The van der Waals surface area contributed by atoms with Gasteiger partial charge in [0.15, 0.2) is 10.8 Å². The molecule has 32 heavy (non-hydrogen) atoms. The first-order valence-corrected chi connectivity index (χ1v) is 10.8. The second-order valence-corrected chi connectivity index (χ2v) is 7.59. The molecule has 2 heterocycles. The maximum Gasteiger partial charge on any atom is 0.262 e. The van der Waals surface area contributed by atoms with Crippen LogP contribution >= 0.6 is 11.8 Å². The molecule has 0 bridgehead atoms. The fourth-order valence-corrected chi connectivity index (χ4v) is 3.74. The van der Waals surface area contributed by atoms with E-state index in [2.05, 4.69) is 20.4 Å². The van der Waals surface area contributed by atoms with Gasteiger partial charge < -0.3 is 19.8 Å². The molecule has 4 aromatic rings. The molecule has 0 radical (unpaired) electrons. The molecule has 9 nitrogen and oxygen atoms in total. The molecule has 0 aliphatic heterocycles. The number of thioether (sulfide) groups is 1. The summed E-state index contributed by atoms with van der Waals surface area (Å²) >= 11 is 1.13. The highest BCUT2D eigenvalue weighted by Gasteiger charge is 2.15. The Kier molecular flexibility index (Phi) is 6.41. The molecule has 0 aliphatic carbocycles. The van der Waals surface area contributed by atoms with Crippen LogP contribution in [0.15, 0.2) is 64.7 Å². The summed E-state index contributed by atoms with van der Waals surface area (Å²) in [7, 11) is 1.56. The first-order chi connectivity index (χ1) is 15.6. The van der Waals surface area contributed by atoms with E-state index in [0.29, 0.717) is 39.9 Å². The molecule has 2 aromatic carbocycles. The Labute approximate surface area is 187 Å². The minimum atomic E-state index is -0.328. The van der Waals surface area contributed by atoms with Gasteiger partial charge in [-0.1, -0.05) is 23.9 Å². The summed E-state index contributed by atoms with van der Waals surface area (Å²) < 4.78 is 12.3. The SMILES string of the molecule is CCOc1ccc(NC(=O)CSc2nc3c(cnn3-c3ccccc3OC)c(=O)[nH]2)cc1. The topological polar surface area (TPSA) is 111 Å². The molecule has 2 aromatic heterocycles. The van der Waals surface area contributed by atoms with Crippen LogP contribution in [0.5, 0.6) is 11.5 Å². The summed E-state index contributed by atoms with van der Waals surface area (Å²) in [4.78, 5) is 32.1. The molecule has 0 saturated heterocycles. The van der Waals surface area contributed by atoms with Crippen molar-refractivity contribution in [3.63, 3.8) is 0 Å². The predicted octanol–water partition coefficient (Wildman–Crippen LogP) is 3.25. The lowest BCUT2D eigenvalue weighted by Crippen LogP contribution is -2.15. The number of carbonyl (C=O) groups is 1. The van der Waals surface area contributed by atoms with Crippen molar-refractivity contribution in [2.45, 2.75) is 12.1 Å². The van der Waals surface area contributed by atoms with Crippen LogP contribution in [-0.2, 0) is 4.79 Å². The smallest absolute Gasteiger partial charge is 0.262 e. The number of rotatable bonds is 8. The second-order valence-electron chi connectivity index (χ2n) is 6.63. The molecule has 164 valence electrons.